The molecule has 7 nitrogen and oxygen atoms in total. The Bertz CT molecular complexity index is 403. The molecule has 7 heteroatoms. The van der Waals surface area contributed by atoms with Gasteiger partial charge in [-0.15, -0.1) is 0 Å². The molecule has 1 rings (SSSR count). The third-order valence-electron chi connectivity index (χ3n) is 2.63. The van der Waals surface area contributed by atoms with Crippen molar-refractivity contribution in [3.8, 4) is 0 Å². The number of anilines is 1. The highest BCUT2D eigenvalue weighted by Gasteiger charge is 2.25. The predicted molar refractivity (Wildman–Crippen MR) is 64.5 cm³/mol. The Balaban J connectivity index is 2.78. The summed E-state index contributed by atoms with van der Waals surface area (Å²) in [5.74, 6) is -0.652. The van der Waals surface area contributed by atoms with Crippen LogP contribution in [0.2, 0.25) is 0 Å². The van der Waals surface area contributed by atoms with E-state index >= 15 is 0 Å². The van der Waals surface area contributed by atoms with Crippen LogP contribution in [0.1, 0.15) is 17.4 Å². The fourth-order valence-corrected chi connectivity index (χ4v) is 1.43. The van der Waals surface area contributed by atoms with Crippen LogP contribution in [0.15, 0.2) is 12.4 Å². The lowest BCUT2D eigenvalue weighted by molar-refractivity contribution is 0.0690. The molecular weight excluding hydrogens is 238 g/mol. The number of rotatable bonds is 6. The number of carbonyl (C=O) groups is 1. The van der Waals surface area contributed by atoms with E-state index < -0.39 is 11.4 Å². The van der Waals surface area contributed by atoms with Gasteiger partial charge in [-0.2, -0.15) is 0 Å². The topological polar surface area (TPSA) is 107 Å². The fraction of sp³-hybridized carbons (Fsp3) is 0.545. The first-order chi connectivity index (χ1) is 8.41. The van der Waals surface area contributed by atoms with Gasteiger partial charge in [0.05, 0.1) is 25.6 Å². The molecule has 0 saturated heterocycles. The van der Waals surface area contributed by atoms with E-state index in [9.17, 15) is 15.0 Å². The molecule has 1 aromatic heterocycles. The monoisotopic (exact) mass is 255 g/mol. The van der Waals surface area contributed by atoms with Crippen molar-refractivity contribution in [2.24, 2.45) is 5.41 Å². The Morgan fingerprint density at radius 2 is 1.94 bits per heavy atom. The molecule has 3 N–H and O–H groups in total. The number of hydrogen-bond acceptors (Lipinski definition) is 6. The number of aromatic nitrogens is 2. The Hall–Kier alpha value is -1.73. The minimum atomic E-state index is -1.13. The van der Waals surface area contributed by atoms with Crippen molar-refractivity contribution in [1.82, 2.24) is 9.97 Å². The highest BCUT2D eigenvalue weighted by molar-refractivity contribution is 5.84. The number of aliphatic hydroxyl groups is 2. The van der Waals surface area contributed by atoms with E-state index in [0.717, 1.165) is 0 Å². The Morgan fingerprint density at radius 3 is 2.33 bits per heavy atom. The van der Waals surface area contributed by atoms with Crippen LogP contribution in [0.3, 0.4) is 0 Å². The summed E-state index contributed by atoms with van der Waals surface area (Å²) in [5.41, 5.74) is -0.777. The quantitative estimate of drug-likeness (QED) is 0.635. The summed E-state index contributed by atoms with van der Waals surface area (Å²) in [6.45, 7) is 1.80. The molecule has 1 heterocycles. The largest absolute Gasteiger partial charge is 0.476 e. The number of carboxylic acids is 1. The van der Waals surface area contributed by atoms with Gasteiger partial charge >= 0.3 is 5.97 Å². The molecular formula is C11H17N3O4. The second kappa shape index (κ2) is 5.74. The molecule has 0 unspecified atom stereocenters. The van der Waals surface area contributed by atoms with Gasteiger partial charge in [0, 0.05) is 19.0 Å². The van der Waals surface area contributed by atoms with Gasteiger partial charge < -0.3 is 20.2 Å². The van der Waals surface area contributed by atoms with Gasteiger partial charge in [0.2, 0.25) is 0 Å². The smallest absolute Gasteiger partial charge is 0.356 e. The lowest BCUT2D eigenvalue weighted by Crippen LogP contribution is -2.39. The van der Waals surface area contributed by atoms with Gasteiger partial charge in [-0.05, 0) is 0 Å². The molecule has 0 aliphatic heterocycles. The first-order valence-electron chi connectivity index (χ1n) is 5.40. The maximum absolute atomic E-state index is 10.6. The van der Waals surface area contributed by atoms with Gasteiger partial charge in [0.25, 0.3) is 0 Å². The second-order valence-electron chi connectivity index (χ2n) is 4.55. The van der Waals surface area contributed by atoms with E-state index in [1.54, 1.807) is 18.9 Å². The molecule has 0 spiro atoms. The van der Waals surface area contributed by atoms with Gasteiger partial charge in [-0.25, -0.2) is 14.8 Å². The maximum Gasteiger partial charge on any atom is 0.356 e. The summed E-state index contributed by atoms with van der Waals surface area (Å²) in [6, 6.07) is 0. The highest BCUT2D eigenvalue weighted by atomic mass is 16.4. The summed E-state index contributed by atoms with van der Waals surface area (Å²) in [5, 5.41) is 27.1. The molecule has 0 amide bonds. The summed E-state index contributed by atoms with van der Waals surface area (Å²) in [6.07, 6.45) is 2.52. The molecule has 1 aromatic rings. The van der Waals surface area contributed by atoms with Crippen LogP contribution in [0, 0.1) is 5.41 Å². The minimum Gasteiger partial charge on any atom is -0.476 e. The van der Waals surface area contributed by atoms with Gasteiger partial charge in [0.15, 0.2) is 5.69 Å². The third kappa shape index (κ3) is 3.38. The van der Waals surface area contributed by atoms with Gasteiger partial charge in [-0.3, -0.25) is 0 Å². The van der Waals surface area contributed by atoms with Crippen LogP contribution >= 0.6 is 0 Å². The molecule has 18 heavy (non-hydrogen) atoms. The standard InChI is InChI=1S/C11H17N3O4/c1-11(6-15,7-16)5-14(2)9-4-12-8(3-13-9)10(17)18/h3-4,15-16H,5-7H2,1-2H3,(H,17,18). The molecule has 0 radical (unpaired) electrons. The van der Waals surface area contributed by atoms with E-state index in [2.05, 4.69) is 9.97 Å². The number of hydrogen-bond donors (Lipinski definition) is 3. The Kier molecular flexibility index (Phi) is 4.57. The number of aliphatic hydroxyl groups excluding tert-OH is 2. The Labute approximate surface area is 105 Å². The molecule has 0 bridgehead atoms. The molecule has 0 aliphatic carbocycles. The van der Waals surface area contributed by atoms with E-state index in [1.807, 2.05) is 0 Å². The van der Waals surface area contributed by atoms with E-state index in [4.69, 9.17) is 5.11 Å². The first kappa shape index (κ1) is 14.3. The number of aromatic carboxylic acids is 1. The van der Waals surface area contributed by atoms with Crippen molar-refractivity contribution in [1.29, 1.82) is 0 Å². The first-order valence-corrected chi connectivity index (χ1v) is 5.40. The van der Waals surface area contributed by atoms with Crippen LogP contribution in [-0.2, 0) is 0 Å². The molecule has 0 aromatic carbocycles. The summed E-state index contributed by atoms with van der Waals surface area (Å²) in [4.78, 5) is 20.0. The van der Waals surface area contributed by atoms with Crippen LogP contribution < -0.4 is 4.90 Å². The second-order valence-corrected chi connectivity index (χ2v) is 4.55. The average molecular weight is 255 g/mol. The minimum absolute atomic E-state index is 0.126. The van der Waals surface area contributed by atoms with Crippen molar-refractivity contribution in [2.45, 2.75) is 6.92 Å². The lowest BCUT2D eigenvalue weighted by Gasteiger charge is -2.30. The van der Waals surface area contributed by atoms with Crippen molar-refractivity contribution in [3.05, 3.63) is 18.1 Å². The SMILES string of the molecule is CN(CC(C)(CO)CO)c1cnc(C(=O)O)cn1. The zero-order valence-corrected chi connectivity index (χ0v) is 10.4. The molecule has 100 valence electrons. The third-order valence-corrected chi connectivity index (χ3v) is 2.63. The lowest BCUT2D eigenvalue weighted by atomic mass is 9.92. The predicted octanol–water partition coefficient (Wildman–Crippen LogP) is -0.398. The zero-order chi connectivity index (χ0) is 13.8. The van der Waals surface area contributed by atoms with Crippen molar-refractivity contribution in [3.63, 3.8) is 0 Å². The van der Waals surface area contributed by atoms with Gasteiger partial charge in [-0.1, -0.05) is 6.92 Å². The number of nitrogens with zero attached hydrogens (tertiary/aromatic N) is 3. The van der Waals surface area contributed by atoms with Gasteiger partial charge in [0.1, 0.15) is 5.82 Å². The van der Waals surface area contributed by atoms with Crippen LogP contribution in [0.4, 0.5) is 5.82 Å². The normalized spacial score (nSPS) is 11.3. The molecule has 0 fully saturated rings. The average Bonchev–Trinajstić information content (AvgIpc) is 2.38. The van der Waals surface area contributed by atoms with E-state index in [0.29, 0.717) is 12.4 Å². The highest BCUT2D eigenvalue weighted by Crippen LogP contribution is 2.18. The van der Waals surface area contributed by atoms with Crippen molar-refractivity contribution >= 4 is 11.8 Å². The Morgan fingerprint density at radius 1 is 1.33 bits per heavy atom. The van der Waals surface area contributed by atoms with Crippen molar-refractivity contribution < 1.29 is 20.1 Å². The molecule has 0 saturated carbocycles. The summed E-state index contributed by atoms with van der Waals surface area (Å²) < 4.78 is 0. The van der Waals surface area contributed by atoms with Crippen LogP contribution in [0.25, 0.3) is 0 Å². The van der Waals surface area contributed by atoms with E-state index in [1.165, 1.54) is 12.4 Å². The zero-order valence-electron chi connectivity index (χ0n) is 10.4. The molecule has 0 aliphatic rings. The number of carboxylic acid groups (broad SMARTS) is 1. The van der Waals surface area contributed by atoms with E-state index in [-0.39, 0.29) is 18.9 Å². The summed E-state index contributed by atoms with van der Waals surface area (Å²) in [7, 11) is 1.73. The molecule has 0 atom stereocenters. The maximum atomic E-state index is 10.6. The summed E-state index contributed by atoms with van der Waals surface area (Å²) >= 11 is 0. The van der Waals surface area contributed by atoms with Crippen LogP contribution in [-0.4, -0.2) is 58.1 Å². The van der Waals surface area contributed by atoms with Crippen LogP contribution in [0.5, 0.6) is 0 Å². The van der Waals surface area contributed by atoms with Crippen molar-refractivity contribution in [2.75, 3.05) is 31.7 Å². The fourth-order valence-electron chi connectivity index (χ4n) is 1.43.